The first-order chi connectivity index (χ1) is 11.1. The Balaban J connectivity index is 1.69. The highest BCUT2D eigenvalue weighted by Gasteiger charge is 2.37. The van der Waals surface area contributed by atoms with Gasteiger partial charge < -0.3 is 15.2 Å². The average molecular weight is 333 g/mol. The largest absolute Gasteiger partial charge is 0.489 e. The van der Waals surface area contributed by atoms with Crippen molar-refractivity contribution in [1.29, 1.82) is 0 Å². The quantitative estimate of drug-likeness (QED) is 0.864. The second-order valence-corrected chi connectivity index (χ2v) is 7.72. The lowest BCUT2D eigenvalue weighted by Gasteiger charge is -2.15. The third kappa shape index (κ3) is 3.55. The highest BCUT2D eigenvalue weighted by atomic mass is 32.2. The maximum absolute atomic E-state index is 12.5. The zero-order valence-electron chi connectivity index (χ0n) is 12.6. The maximum atomic E-state index is 12.5. The molecule has 122 valence electrons. The van der Waals surface area contributed by atoms with E-state index in [0.717, 1.165) is 5.56 Å². The monoisotopic (exact) mass is 333 g/mol. The van der Waals surface area contributed by atoms with Crippen LogP contribution >= 0.6 is 0 Å². The molecule has 0 aliphatic carbocycles. The van der Waals surface area contributed by atoms with Crippen molar-refractivity contribution in [2.45, 2.75) is 22.9 Å². The smallest absolute Gasteiger partial charge is 0.185 e. The number of rotatable bonds is 5. The molecule has 0 bridgehead atoms. The molecule has 1 heterocycles. The van der Waals surface area contributed by atoms with E-state index in [2.05, 4.69) is 5.32 Å². The van der Waals surface area contributed by atoms with Crippen LogP contribution < -0.4 is 10.1 Å². The van der Waals surface area contributed by atoms with Crippen molar-refractivity contribution in [1.82, 2.24) is 5.32 Å². The molecule has 1 aliphatic heterocycles. The van der Waals surface area contributed by atoms with Crippen molar-refractivity contribution in [2.75, 3.05) is 13.1 Å². The van der Waals surface area contributed by atoms with Crippen LogP contribution in [0.5, 0.6) is 5.75 Å². The summed E-state index contributed by atoms with van der Waals surface area (Å²) in [6.45, 7) is 1.01. The summed E-state index contributed by atoms with van der Waals surface area (Å²) in [5, 5.41) is 11.9. The SMILES string of the molecule is O=S(=O)(c1ccc(OCc2ccccc2)cc1)C1CNCC1O. The lowest BCUT2D eigenvalue weighted by atomic mass is 10.2. The van der Waals surface area contributed by atoms with Gasteiger partial charge in [-0.05, 0) is 29.8 Å². The summed E-state index contributed by atoms with van der Waals surface area (Å²) < 4.78 is 30.6. The molecule has 23 heavy (non-hydrogen) atoms. The summed E-state index contributed by atoms with van der Waals surface area (Å²) in [4.78, 5) is 0.206. The van der Waals surface area contributed by atoms with E-state index in [4.69, 9.17) is 4.74 Å². The zero-order valence-corrected chi connectivity index (χ0v) is 13.4. The molecule has 2 aromatic rings. The van der Waals surface area contributed by atoms with E-state index in [-0.39, 0.29) is 11.4 Å². The number of ether oxygens (including phenoxy) is 1. The topological polar surface area (TPSA) is 75.6 Å². The lowest BCUT2D eigenvalue weighted by molar-refractivity contribution is 0.198. The van der Waals surface area contributed by atoms with Crippen LogP contribution in [0.4, 0.5) is 0 Å². The fourth-order valence-corrected chi connectivity index (χ4v) is 4.31. The molecule has 0 spiro atoms. The van der Waals surface area contributed by atoms with Gasteiger partial charge in [-0.15, -0.1) is 0 Å². The molecule has 3 rings (SSSR count). The molecule has 0 saturated carbocycles. The van der Waals surface area contributed by atoms with E-state index < -0.39 is 21.2 Å². The molecule has 2 atom stereocenters. The van der Waals surface area contributed by atoms with Crippen molar-refractivity contribution < 1.29 is 18.3 Å². The number of benzene rings is 2. The molecule has 2 aromatic carbocycles. The van der Waals surface area contributed by atoms with Gasteiger partial charge in [-0.2, -0.15) is 0 Å². The van der Waals surface area contributed by atoms with Crippen molar-refractivity contribution in [2.24, 2.45) is 0 Å². The molecule has 5 nitrogen and oxygen atoms in total. The summed E-state index contributed by atoms with van der Waals surface area (Å²) in [6.07, 6.45) is -0.867. The number of aliphatic hydroxyl groups is 1. The first-order valence-corrected chi connectivity index (χ1v) is 9.01. The Labute approximate surface area is 135 Å². The van der Waals surface area contributed by atoms with E-state index in [9.17, 15) is 13.5 Å². The number of aliphatic hydroxyl groups excluding tert-OH is 1. The Morgan fingerprint density at radius 1 is 1.04 bits per heavy atom. The highest BCUT2D eigenvalue weighted by Crippen LogP contribution is 2.23. The predicted octanol–water partition coefficient (Wildman–Crippen LogP) is 1.37. The highest BCUT2D eigenvalue weighted by molar-refractivity contribution is 7.92. The lowest BCUT2D eigenvalue weighted by Crippen LogP contribution is -2.32. The summed E-state index contributed by atoms with van der Waals surface area (Å²) in [5.41, 5.74) is 1.05. The normalized spacial score (nSPS) is 21.3. The van der Waals surface area contributed by atoms with Crippen molar-refractivity contribution in [3.63, 3.8) is 0 Å². The molecule has 6 heteroatoms. The number of β-amino-alcohol motifs (C(OH)–C–C–N with tert-alkyl or cyclic N) is 1. The van der Waals surface area contributed by atoms with Gasteiger partial charge in [-0.3, -0.25) is 0 Å². The third-order valence-electron chi connectivity index (χ3n) is 3.93. The molecule has 1 saturated heterocycles. The van der Waals surface area contributed by atoms with E-state index in [0.29, 0.717) is 18.9 Å². The molecule has 2 N–H and O–H groups in total. The zero-order chi connectivity index (χ0) is 16.3. The Morgan fingerprint density at radius 2 is 1.74 bits per heavy atom. The molecule has 1 fully saturated rings. The van der Waals surface area contributed by atoms with E-state index in [1.807, 2.05) is 30.3 Å². The van der Waals surface area contributed by atoms with Gasteiger partial charge in [0.1, 0.15) is 17.6 Å². The second-order valence-electron chi connectivity index (χ2n) is 5.55. The van der Waals surface area contributed by atoms with Crippen LogP contribution in [0.1, 0.15) is 5.56 Å². The maximum Gasteiger partial charge on any atom is 0.185 e. The standard InChI is InChI=1S/C17H19NO4S/c19-16-10-18-11-17(16)23(20,21)15-8-6-14(7-9-15)22-12-13-4-2-1-3-5-13/h1-9,16-19H,10-12H2. The molecule has 1 aliphatic rings. The summed E-state index contributed by atoms with van der Waals surface area (Å²) in [7, 11) is -3.54. The van der Waals surface area contributed by atoms with Crippen LogP contribution in [0.3, 0.4) is 0 Å². The van der Waals surface area contributed by atoms with Gasteiger partial charge in [0, 0.05) is 13.1 Å². The van der Waals surface area contributed by atoms with Crippen LogP contribution in [0.15, 0.2) is 59.5 Å². The van der Waals surface area contributed by atoms with Gasteiger partial charge in [-0.25, -0.2) is 8.42 Å². The van der Waals surface area contributed by atoms with Gasteiger partial charge in [0.2, 0.25) is 0 Å². The summed E-state index contributed by atoms with van der Waals surface area (Å²) in [6, 6.07) is 16.1. The minimum Gasteiger partial charge on any atom is -0.489 e. The van der Waals surface area contributed by atoms with E-state index >= 15 is 0 Å². The van der Waals surface area contributed by atoms with Gasteiger partial charge in [-0.1, -0.05) is 30.3 Å². The summed E-state index contributed by atoms with van der Waals surface area (Å²) >= 11 is 0. The number of nitrogens with one attached hydrogen (secondary N) is 1. The fraction of sp³-hybridized carbons (Fsp3) is 0.294. The molecule has 2 unspecified atom stereocenters. The van der Waals surface area contributed by atoms with E-state index in [1.54, 1.807) is 12.1 Å². The number of hydrogen-bond donors (Lipinski definition) is 2. The van der Waals surface area contributed by atoms with Gasteiger partial charge in [0.15, 0.2) is 9.84 Å². The summed E-state index contributed by atoms with van der Waals surface area (Å²) in [5.74, 6) is 0.609. The fourth-order valence-electron chi connectivity index (χ4n) is 2.60. The first-order valence-electron chi connectivity index (χ1n) is 7.47. The van der Waals surface area contributed by atoms with Gasteiger partial charge in [0.25, 0.3) is 0 Å². The Hall–Kier alpha value is -1.89. The molecule has 0 aromatic heterocycles. The van der Waals surface area contributed by atoms with Crippen molar-refractivity contribution >= 4 is 9.84 Å². The van der Waals surface area contributed by atoms with Crippen molar-refractivity contribution in [3.8, 4) is 5.75 Å². The number of hydrogen-bond acceptors (Lipinski definition) is 5. The minimum atomic E-state index is -3.54. The predicted molar refractivity (Wildman–Crippen MR) is 87.1 cm³/mol. The molecular weight excluding hydrogens is 314 g/mol. The van der Waals surface area contributed by atoms with Crippen LogP contribution in [0.25, 0.3) is 0 Å². The number of sulfone groups is 1. The second kappa shape index (κ2) is 6.70. The average Bonchev–Trinajstić information content (AvgIpc) is 3.01. The van der Waals surface area contributed by atoms with Crippen LogP contribution in [0, 0.1) is 0 Å². The van der Waals surface area contributed by atoms with Crippen molar-refractivity contribution in [3.05, 3.63) is 60.2 Å². The van der Waals surface area contributed by atoms with Crippen LogP contribution in [-0.2, 0) is 16.4 Å². The Morgan fingerprint density at radius 3 is 2.35 bits per heavy atom. The molecular formula is C17H19NO4S. The van der Waals surface area contributed by atoms with Crippen LogP contribution in [0.2, 0.25) is 0 Å². The van der Waals surface area contributed by atoms with Gasteiger partial charge in [0.05, 0.1) is 11.0 Å². The third-order valence-corrected chi connectivity index (χ3v) is 6.13. The van der Waals surface area contributed by atoms with Crippen LogP contribution in [-0.4, -0.2) is 38.0 Å². The minimum absolute atomic E-state index is 0.206. The first kappa shape index (κ1) is 16.0. The van der Waals surface area contributed by atoms with E-state index in [1.165, 1.54) is 12.1 Å². The Bertz CT molecular complexity index is 744. The van der Waals surface area contributed by atoms with Gasteiger partial charge >= 0.3 is 0 Å². The molecule has 0 radical (unpaired) electrons. The Kier molecular flexibility index (Phi) is 4.66. The molecule has 0 amide bonds.